The molecule has 0 bridgehead atoms. The lowest BCUT2D eigenvalue weighted by Crippen LogP contribution is -2.46. The molecule has 0 saturated carbocycles. The summed E-state index contributed by atoms with van der Waals surface area (Å²) in [5.41, 5.74) is 1.93. The number of benzene rings is 2. The first kappa shape index (κ1) is 21.4. The van der Waals surface area contributed by atoms with Crippen LogP contribution < -0.4 is 24.6 Å². The van der Waals surface area contributed by atoms with Crippen molar-refractivity contribution in [3.05, 3.63) is 60.9 Å². The summed E-state index contributed by atoms with van der Waals surface area (Å²) in [5, 5.41) is 3.69. The van der Waals surface area contributed by atoms with Crippen LogP contribution in [0.15, 0.2) is 66.0 Å². The van der Waals surface area contributed by atoms with Gasteiger partial charge in [0.05, 0.1) is 5.75 Å². The highest BCUT2D eigenvalue weighted by molar-refractivity contribution is 7.99. The van der Waals surface area contributed by atoms with Crippen molar-refractivity contribution in [1.82, 2.24) is 9.97 Å². The van der Waals surface area contributed by atoms with E-state index < -0.39 is 0 Å². The fourth-order valence-corrected chi connectivity index (χ4v) is 4.53. The average molecular weight is 464 g/mol. The smallest absolute Gasteiger partial charge is 0.234 e. The SMILES string of the molecule is O=C(CSc1cc(N2CCN(c3ccccc3)CC2)ncn1)Nc1ccc2c(c1)OCCO2. The molecule has 170 valence electrons. The molecule has 2 aliphatic heterocycles. The van der Waals surface area contributed by atoms with Gasteiger partial charge in [0.2, 0.25) is 5.91 Å². The van der Waals surface area contributed by atoms with Crippen molar-refractivity contribution in [2.45, 2.75) is 5.03 Å². The highest BCUT2D eigenvalue weighted by Gasteiger charge is 2.19. The molecule has 0 radical (unpaired) electrons. The lowest BCUT2D eigenvalue weighted by Gasteiger charge is -2.36. The second-order valence-corrected chi connectivity index (χ2v) is 8.72. The minimum atomic E-state index is -0.103. The Labute approximate surface area is 196 Å². The van der Waals surface area contributed by atoms with Crippen molar-refractivity contribution in [1.29, 1.82) is 0 Å². The largest absolute Gasteiger partial charge is 0.486 e. The van der Waals surface area contributed by atoms with Gasteiger partial charge in [0.1, 0.15) is 30.4 Å². The maximum atomic E-state index is 12.4. The van der Waals surface area contributed by atoms with Gasteiger partial charge in [-0.1, -0.05) is 30.0 Å². The van der Waals surface area contributed by atoms with E-state index in [9.17, 15) is 4.79 Å². The fraction of sp³-hybridized carbons (Fsp3) is 0.292. The Balaban J connectivity index is 1.14. The van der Waals surface area contributed by atoms with Gasteiger partial charge in [-0.3, -0.25) is 4.79 Å². The quantitative estimate of drug-likeness (QED) is 0.441. The number of nitrogens with zero attached hydrogens (tertiary/aromatic N) is 4. The zero-order valence-electron chi connectivity index (χ0n) is 18.1. The first-order valence-electron chi connectivity index (χ1n) is 10.9. The summed E-state index contributed by atoms with van der Waals surface area (Å²) in [6.07, 6.45) is 1.57. The normalized spacial score (nSPS) is 15.3. The number of anilines is 3. The number of aromatic nitrogens is 2. The number of hydrogen-bond donors (Lipinski definition) is 1. The Morgan fingerprint density at radius 1 is 0.909 bits per heavy atom. The van der Waals surface area contributed by atoms with Gasteiger partial charge in [0.25, 0.3) is 0 Å². The van der Waals surface area contributed by atoms with Crippen LogP contribution in [0.3, 0.4) is 0 Å². The molecule has 0 spiro atoms. The van der Waals surface area contributed by atoms with Crippen molar-refractivity contribution in [3.63, 3.8) is 0 Å². The van der Waals surface area contributed by atoms with E-state index in [2.05, 4.69) is 49.4 Å². The van der Waals surface area contributed by atoms with E-state index in [1.807, 2.05) is 24.3 Å². The molecule has 0 atom stereocenters. The second-order valence-electron chi connectivity index (χ2n) is 7.72. The zero-order valence-corrected chi connectivity index (χ0v) is 19.0. The first-order chi connectivity index (χ1) is 16.2. The Hall–Kier alpha value is -3.46. The Morgan fingerprint density at radius 2 is 1.67 bits per heavy atom. The van der Waals surface area contributed by atoms with Gasteiger partial charge >= 0.3 is 0 Å². The van der Waals surface area contributed by atoms with Crippen LogP contribution in [-0.4, -0.2) is 61.0 Å². The van der Waals surface area contributed by atoms with Gasteiger partial charge in [-0.2, -0.15) is 0 Å². The van der Waals surface area contributed by atoms with Gasteiger partial charge in [0.15, 0.2) is 11.5 Å². The van der Waals surface area contributed by atoms with Gasteiger partial charge in [-0.05, 0) is 24.3 Å². The zero-order chi connectivity index (χ0) is 22.5. The highest BCUT2D eigenvalue weighted by atomic mass is 32.2. The third-order valence-corrected chi connectivity index (χ3v) is 6.46. The number of carbonyl (C=O) groups excluding carboxylic acids is 1. The summed E-state index contributed by atoms with van der Waals surface area (Å²) in [5.74, 6) is 2.40. The monoisotopic (exact) mass is 463 g/mol. The van der Waals surface area contributed by atoms with Crippen molar-refractivity contribution < 1.29 is 14.3 Å². The molecule has 3 aromatic rings. The molecule has 9 heteroatoms. The Bertz CT molecular complexity index is 1110. The van der Waals surface area contributed by atoms with E-state index >= 15 is 0 Å². The van der Waals surface area contributed by atoms with Crippen LogP contribution in [0.25, 0.3) is 0 Å². The van der Waals surface area contributed by atoms with Gasteiger partial charge < -0.3 is 24.6 Å². The van der Waals surface area contributed by atoms with E-state index in [4.69, 9.17) is 9.47 Å². The maximum absolute atomic E-state index is 12.4. The molecule has 0 aliphatic carbocycles. The number of hydrogen-bond acceptors (Lipinski definition) is 8. The number of carbonyl (C=O) groups is 1. The molecule has 1 N–H and O–H groups in total. The summed E-state index contributed by atoms with van der Waals surface area (Å²) in [6.45, 7) is 4.71. The molecular formula is C24H25N5O3S. The molecule has 8 nitrogen and oxygen atoms in total. The van der Waals surface area contributed by atoms with Gasteiger partial charge in [-0.25, -0.2) is 9.97 Å². The van der Waals surface area contributed by atoms with Gasteiger partial charge in [-0.15, -0.1) is 0 Å². The highest BCUT2D eigenvalue weighted by Crippen LogP contribution is 2.32. The lowest BCUT2D eigenvalue weighted by atomic mass is 10.2. The molecule has 1 saturated heterocycles. The van der Waals surface area contributed by atoms with E-state index in [1.165, 1.54) is 17.4 Å². The van der Waals surface area contributed by atoms with Gasteiger partial charge in [0, 0.05) is 49.7 Å². The minimum absolute atomic E-state index is 0.103. The van der Waals surface area contributed by atoms with Crippen molar-refractivity contribution in [2.75, 3.05) is 60.3 Å². The number of nitrogens with one attached hydrogen (secondary N) is 1. The van der Waals surface area contributed by atoms with Crippen LogP contribution in [0.2, 0.25) is 0 Å². The number of ether oxygens (including phenoxy) is 2. The van der Waals surface area contributed by atoms with Crippen LogP contribution in [-0.2, 0) is 4.79 Å². The molecule has 2 aliphatic rings. The lowest BCUT2D eigenvalue weighted by molar-refractivity contribution is -0.113. The van der Waals surface area contributed by atoms with E-state index in [1.54, 1.807) is 12.4 Å². The molecule has 2 aromatic carbocycles. The molecule has 1 aromatic heterocycles. The number of thioether (sulfide) groups is 1. The first-order valence-corrected chi connectivity index (χ1v) is 11.9. The number of rotatable bonds is 6. The summed E-state index contributed by atoms with van der Waals surface area (Å²) in [6, 6.07) is 17.8. The molecule has 1 amide bonds. The third-order valence-electron chi connectivity index (χ3n) is 5.53. The van der Waals surface area contributed by atoms with Crippen LogP contribution in [0.1, 0.15) is 0 Å². The van der Waals surface area contributed by atoms with Crippen molar-refractivity contribution >= 4 is 34.9 Å². The maximum Gasteiger partial charge on any atom is 0.234 e. The molecule has 0 unspecified atom stereocenters. The predicted molar refractivity (Wildman–Crippen MR) is 130 cm³/mol. The summed E-state index contributed by atoms with van der Waals surface area (Å²) in [4.78, 5) is 25.9. The number of piperazine rings is 1. The molecule has 5 rings (SSSR count). The number of para-hydroxylation sites is 1. The summed E-state index contributed by atoms with van der Waals surface area (Å²) in [7, 11) is 0. The van der Waals surface area contributed by atoms with Crippen molar-refractivity contribution in [3.8, 4) is 11.5 Å². The van der Waals surface area contributed by atoms with Crippen molar-refractivity contribution in [2.24, 2.45) is 0 Å². The van der Waals surface area contributed by atoms with Crippen LogP contribution in [0, 0.1) is 0 Å². The van der Waals surface area contributed by atoms with E-state index in [-0.39, 0.29) is 11.7 Å². The standard InChI is InChI=1S/C24H25N5O3S/c30-23(27-18-6-7-20-21(14-18)32-13-12-31-20)16-33-24-15-22(25-17-26-24)29-10-8-28(9-11-29)19-4-2-1-3-5-19/h1-7,14-15,17H,8-13,16H2,(H,27,30). The van der Waals surface area contributed by atoms with Crippen LogP contribution >= 0.6 is 11.8 Å². The molecular weight excluding hydrogens is 438 g/mol. The Kier molecular flexibility index (Phi) is 6.48. The van der Waals surface area contributed by atoms with Crippen LogP contribution in [0.5, 0.6) is 11.5 Å². The third kappa shape index (κ3) is 5.31. The topological polar surface area (TPSA) is 79.8 Å². The molecule has 33 heavy (non-hydrogen) atoms. The van der Waals surface area contributed by atoms with E-state index in [0.29, 0.717) is 30.4 Å². The Morgan fingerprint density at radius 3 is 2.48 bits per heavy atom. The predicted octanol–water partition coefficient (Wildman–Crippen LogP) is 3.31. The van der Waals surface area contributed by atoms with Crippen LogP contribution in [0.4, 0.5) is 17.2 Å². The summed E-state index contributed by atoms with van der Waals surface area (Å²) >= 11 is 1.40. The number of amides is 1. The summed E-state index contributed by atoms with van der Waals surface area (Å²) < 4.78 is 11.1. The minimum Gasteiger partial charge on any atom is -0.486 e. The number of fused-ring (bicyclic) bond motifs is 1. The van der Waals surface area contributed by atoms with E-state index in [0.717, 1.165) is 37.0 Å². The second kappa shape index (κ2) is 9.99. The molecule has 1 fully saturated rings. The fourth-order valence-electron chi connectivity index (χ4n) is 3.87. The molecule has 3 heterocycles. The average Bonchev–Trinajstić information content (AvgIpc) is 2.88.